The van der Waals surface area contributed by atoms with Crippen molar-refractivity contribution in [2.24, 2.45) is 12.5 Å². The van der Waals surface area contributed by atoms with Gasteiger partial charge in [0.15, 0.2) is 5.82 Å². The van der Waals surface area contributed by atoms with E-state index >= 15 is 0 Å². The van der Waals surface area contributed by atoms with Gasteiger partial charge in [0.25, 0.3) is 0 Å². The number of methoxy groups -OCH3 is 1. The van der Waals surface area contributed by atoms with Crippen molar-refractivity contribution in [2.75, 3.05) is 38.2 Å². The van der Waals surface area contributed by atoms with E-state index in [2.05, 4.69) is 32.6 Å². The molecule has 0 bridgehead atoms. The zero-order chi connectivity index (χ0) is 28.7. The summed E-state index contributed by atoms with van der Waals surface area (Å²) in [4.78, 5) is 33.8. The van der Waals surface area contributed by atoms with Crippen LogP contribution in [0.1, 0.15) is 23.1 Å². The monoisotopic (exact) mass is 551 g/mol. The van der Waals surface area contributed by atoms with Gasteiger partial charge >= 0.3 is 12.0 Å². The number of rotatable bonds is 7. The van der Waals surface area contributed by atoms with Gasteiger partial charge in [0.1, 0.15) is 18.2 Å². The van der Waals surface area contributed by atoms with Crippen molar-refractivity contribution < 1.29 is 14.3 Å². The van der Waals surface area contributed by atoms with Gasteiger partial charge < -0.3 is 19.3 Å². The highest BCUT2D eigenvalue weighted by Crippen LogP contribution is 2.43. The molecule has 12 nitrogen and oxygen atoms in total. The van der Waals surface area contributed by atoms with E-state index in [0.717, 1.165) is 28.5 Å². The van der Waals surface area contributed by atoms with E-state index in [9.17, 15) is 10.1 Å². The standard InChI is InChI=1S/C29H29N9O3/c1-5-22(39)38-16-29(17-38)8-9-37(15-29)26-21(10-30)24(23-18(2)6-7-20-13-33-36(3)25(20)23)34-28(35-26)41-14-19-11-31-27(40-4)32-12-19/h5-7,11-13H,1,8-9,14-17H2,2-4H3. The number of likely N-dealkylation sites (tertiary alicyclic amines) is 1. The summed E-state index contributed by atoms with van der Waals surface area (Å²) in [6, 6.07) is 6.81. The number of nitrogens with zero attached hydrogens (tertiary/aromatic N) is 9. The summed E-state index contributed by atoms with van der Waals surface area (Å²) in [6.45, 7) is 8.40. The Labute approximate surface area is 236 Å². The maximum atomic E-state index is 12.1. The van der Waals surface area contributed by atoms with Crippen LogP contribution >= 0.6 is 0 Å². The maximum absolute atomic E-state index is 12.1. The Balaban J connectivity index is 1.41. The van der Waals surface area contributed by atoms with Gasteiger partial charge in [-0.2, -0.15) is 20.3 Å². The molecule has 0 aliphatic carbocycles. The SMILES string of the molecule is C=CC(=O)N1CC2(CCN(c3nc(OCc4cnc(OC)nc4)nc(-c4c(C)ccc5cnn(C)c45)c3C#N)C2)C1. The molecule has 3 aromatic heterocycles. The molecule has 5 heterocycles. The van der Waals surface area contributed by atoms with Gasteiger partial charge in [-0.25, -0.2) is 9.97 Å². The van der Waals surface area contributed by atoms with Crippen LogP contribution in [0.5, 0.6) is 12.0 Å². The molecule has 1 amide bonds. The summed E-state index contributed by atoms with van der Waals surface area (Å²) >= 11 is 0. The van der Waals surface area contributed by atoms with Crippen LogP contribution in [0, 0.1) is 23.7 Å². The Kier molecular flexibility index (Phi) is 6.49. The fraction of sp³-hybridized carbons (Fsp3) is 0.345. The molecule has 4 aromatic rings. The predicted molar refractivity (Wildman–Crippen MR) is 150 cm³/mol. The van der Waals surface area contributed by atoms with Crippen molar-refractivity contribution in [3.05, 3.63) is 60.1 Å². The smallest absolute Gasteiger partial charge is 0.319 e. The van der Waals surface area contributed by atoms with Crippen LogP contribution in [0.15, 0.2) is 43.4 Å². The van der Waals surface area contributed by atoms with Crippen LogP contribution in [0.25, 0.3) is 22.2 Å². The number of amides is 1. The minimum Gasteiger partial charge on any atom is -0.467 e. The number of aryl methyl sites for hydroxylation is 2. The molecule has 41 heavy (non-hydrogen) atoms. The highest BCUT2D eigenvalue weighted by molar-refractivity contribution is 5.97. The lowest BCUT2D eigenvalue weighted by atomic mass is 9.79. The summed E-state index contributed by atoms with van der Waals surface area (Å²) in [5, 5.41) is 15.9. The highest BCUT2D eigenvalue weighted by atomic mass is 16.5. The van der Waals surface area contributed by atoms with E-state index < -0.39 is 0 Å². The number of anilines is 1. The van der Waals surface area contributed by atoms with E-state index in [4.69, 9.17) is 19.4 Å². The Hall–Kier alpha value is -5.05. The van der Waals surface area contributed by atoms with Gasteiger partial charge in [-0.05, 0) is 25.0 Å². The number of hydrogen-bond donors (Lipinski definition) is 0. The van der Waals surface area contributed by atoms with Crippen molar-refractivity contribution in [2.45, 2.75) is 20.0 Å². The number of aromatic nitrogens is 6. The molecule has 0 atom stereocenters. The van der Waals surface area contributed by atoms with Crippen LogP contribution in [0.3, 0.4) is 0 Å². The molecular formula is C29H29N9O3. The Bertz CT molecular complexity index is 1700. The lowest BCUT2D eigenvalue weighted by molar-refractivity contribution is -0.136. The molecule has 208 valence electrons. The van der Waals surface area contributed by atoms with E-state index in [1.165, 1.54) is 13.2 Å². The summed E-state index contributed by atoms with van der Waals surface area (Å²) in [5.74, 6) is 0.455. The van der Waals surface area contributed by atoms with Crippen LogP contribution < -0.4 is 14.4 Å². The van der Waals surface area contributed by atoms with Gasteiger partial charge in [0, 0.05) is 67.5 Å². The maximum Gasteiger partial charge on any atom is 0.319 e. The topological polar surface area (TPSA) is 135 Å². The molecule has 1 aromatic carbocycles. The first-order valence-corrected chi connectivity index (χ1v) is 13.2. The average molecular weight is 552 g/mol. The summed E-state index contributed by atoms with van der Waals surface area (Å²) in [5.41, 5.74) is 4.16. The van der Waals surface area contributed by atoms with Crippen molar-refractivity contribution in [1.82, 2.24) is 34.6 Å². The molecule has 0 saturated carbocycles. The Morgan fingerprint density at radius 2 is 1.95 bits per heavy atom. The fourth-order valence-electron chi connectivity index (χ4n) is 5.77. The largest absolute Gasteiger partial charge is 0.467 e. The zero-order valence-corrected chi connectivity index (χ0v) is 23.2. The van der Waals surface area contributed by atoms with Crippen molar-refractivity contribution >= 4 is 22.6 Å². The predicted octanol–water partition coefficient (Wildman–Crippen LogP) is 2.81. The third-order valence-corrected chi connectivity index (χ3v) is 7.84. The Morgan fingerprint density at radius 3 is 2.66 bits per heavy atom. The molecule has 2 fully saturated rings. The van der Waals surface area contributed by atoms with Gasteiger partial charge in [0.05, 0.1) is 24.5 Å². The lowest BCUT2D eigenvalue weighted by Gasteiger charge is -2.47. The van der Waals surface area contributed by atoms with Gasteiger partial charge in [-0.3, -0.25) is 9.48 Å². The molecule has 2 saturated heterocycles. The number of fused-ring (bicyclic) bond motifs is 1. The minimum absolute atomic E-state index is 0.0457. The third kappa shape index (κ3) is 4.59. The lowest BCUT2D eigenvalue weighted by Crippen LogP contribution is -2.59. The average Bonchev–Trinajstić information content (AvgIpc) is 3.59. The van der Waals surface area contributed by atoms with E-state index in [1.54, 1.807) is 28.2 Å². The number of ether oxygens (including phenoxy) is 2. The molecule has 0 N–H and O–H groups in total. The first-order valence-electron chi connectivity index (χ1n) is 13.2. The van der Waals surface area contributed by atoms with E-state index in [-0.39, 0.29) is 29.9 Å². The number of carbonyl (C=O) groups excluding carboxylic acids is 1. The first-order chi connectivity index (χ1) is 19.8. The van der Waals surface area contributed by atoms with E-state index in [0.29, 0.717) is 48.8 Å². The van der Waals surface area contributed by atoms with Crippen LogP contribution in [-0.2, 0) is 18.4 Å². The molecule has 2 aliphatic heterocycles. The van der Waals surface area contributed by atoms with Gasteiger partial charge in [0.2, 0.25) is 5.91 Å². The molecular weight excluding hydrogens is 522 g/mol. The van der Waals surface area contributed by atoms with Gasteiger partial charge in [-0.1, -0.05) is 18.7 Å². The molecule has 2 aliphatic rings. The second-order valence-electron chi connectivity index (χ2n) is 10.6. The number of hydrogen-bond acceptors (Lipinski definition) is 10. The molecule has 1 spiro atoms. The van der Waals surface area contributed by atoms with Crippen molar-refractivity contribution in [3.8, 4) is 29.3 Å². The summed E-state index contributed by atoms with van der Waals surface area (Å²) in [7, 11) is 3.38. The van der Waals surface area contributed by atoms with Crippen molar-refractivity contribution in [1.29, 1.82) is 5.26 Å². The minimum atomic E-state index is -0.0611. The summed E-state index contributed by atoms with van der Waals surface area (Å²) < 4.78 is 12.9. The third-order valence-electron chi connectivity index (χ3n) is 7.84. The number of carbonyl (C=O) groups is 1. The molecule has 12 heteroatoms. The van der Waals surface area contributed by atoms with Crippen molar-refractivity contribution in [3.63, 3.8) is 0 Å². The Morgan fingerprint density at radius 1 is 1.17 bits per heavy atom. The highest BCUT2D eigenvalue weighted by Gasteiger charge is 2.49. The van der Waals surface area contributed by atoms with Crippen LogP contribution in [0.4, 0.5) is 5.82 Å². The first kappa shape index (κ1) is 26.2. The quantitative estimate of drug-likeness (QED) is 0.316. The second kappa shape index (κ2) is 10.2. The molecule has 0 unspecified atom stereocenters. The molecule has 6 rings (SSSR count). The zero-order valence-electron chi connectivity index (χ0n) is 23.2. The number of nitriles is 1. The second-order valence-corrected chi connectivity index (χ2v) is 10.6. The van der Waals surface area contributed by atoms with Crippen LogP contribution in [-0.4, -0.2) is 73.8 Å². The summed E-state index contributed by atoms with van der Waals surface area (Å²) in [6.07, 6.45) is 7.27. The van der Waals surface area contributed by atoms with Gasteiger partial charge in [-0.15, -0.1) is 0 Å². The van der Waals surface area contributed by atoms with Crippen LogP contribution in [0.2, 0.25) is 0 Å². The van der Waals surface area contributed by atoms with E-state index in [1.807, 2.05) is 26.1 Å². The normalized spacial score (nSPS) is 15.6. The molecule has 0 radical (unpaired) electrons. The number of benzene rings is 1. The fourth-order valence-corrected chi connectivity index (χ4v) is 5.77.